The summed E-state index contributed by atoms with van der Waals surface area (Å²) in [5.41, 5.74) is 5.80. The van der Waals surface area contributed by atoms with Gasteiger partial charge in [0.1, 0.15) is 19.1 Å². The molecular formula is C21H27N3O6. The maximum Gasteiger partial charge on any atom is 0.252 e. The maximum absolute atomic E-state index is 12.1. The molecule has 2 amide bonds. The Bertz CT molecular complexity index is 917. The number of hydrogen-bond acceptors (Lipinski definition) is 7. The largest absolute Gasteiger partial charge is 0.490 e. The molecule has 0 spiro atoms. The molecule has 1 aromatic carbocycles. The van der Waals surface area contributed by atoms with Gasteiger partial charge in [-0.3, -0.25) is 9.59 Å². The molecule has 3 rings (SSSR count). The number of aliphatic hydroxyl groups is 1. The fraction of sp³-hybridized carbons (Fsp3) is 0.476. The first-order valence-electron chi connectivity index (χ1n) is 9.90. The molecule has 1 fully saturated rings. The van der Waals surface area contributed by atoms with Crippen molar-refractivity contribution in [2.45, 2.75) is 38.8 Å². The summed E-state index contributed by atoms with van der Waals surface area (Å²) in [6.07, 6.45) is 2.61. The second-order valence-corrected chi connectivity index (χ2v) is 7.49. The van der Waals surface area contributed by atoms with Gasteiger partial charge in [-0.05, 0) is 50.3 Å². The molecule has 0 saturated carbocycles. The molecule has 1 aromatic heterocycles. The highest BCUT2D eigenvalue weighted by molar-refractivity contribution is 6.01. The van der Waals surface area contributed by atoms with Crippen molar-refractivity contribution in [2.75, 3.05) is 20.0 Å². The number of carbonyl (C=O) groups is 2. The quantitative estimate of drug-likeness (QED) is 0.393. The number of aromatic nitrogens is 1. The van der Waals surface area contributed by atoms with Crippen molar-refractivity contribution in [3.05, 3.63) is 30.0 Å². The van der Waals surface area contributed by atoms with Crippen LogP contribution in [0.1, 0.15) is 37.0 Å². The van der Waals surface area contributed by atoms with E-state index in [1.165, 1.54) is 0 Å². The molecule has 1 saturated heterocycles. The van der Waals surface area contributed by atoms with Crippen molar-refractivity contribution in [3.63, 3.8) is 0 Å². The molecule has 0 bridgehead atoms. The van der Waals surface area contributed by atoms with E-state index in [-0.39, 0.29) is 37.4 Å². The lowest BCUT2D eigenvalue weighted by molar-refractivity contribution is -0.123. The molecule has 2 aromatic rings. The van der Waals surface area contributed by atoms with Crippen LogP contribution in [0.5, 0.6) is 11.6 Å². The van der Waals surface area contributed by atoms with E-state index in [1.807, 2.05) is 13.8 Å². The summed E-state index contributed by atoms with van der Waals surface area (Å²) in [5, 5.41) is 13.0. The van der Waals surface area contributed by atoms with Gasteiger partial charge in [0.25, 0.3) is 5.91 Å². The third-order valence-corrected chi connectivity index (χ3v) is 4.87. The Morgan fingerprint density at radius 1 is 1.40 bits per heavy atom. The predicted octanol–water partition coefficient (Wildman–Crippen LogP) is 1.36. The average Bonchev–Trinajstić information content (AvgIpc) is 3.05. The number of hydrogen-bond donors (Lipinski definition) is 3. The van der Waals surface area contributed by atoms with Gasteiger partial charge in [0, 0.05) is 17.5 Å². The zero-order valence-corrected chi connectivity index (χ0v) is 17.1. The van der Waals surface area contributed by atoms with Crippen molar-refractivity contribution in [3.8, 4) is 11.6 Å². The number of pyridine rings is 1. The van der Waals surface area contributed by atoms with Crippen LogP contribution in [0.15, 0.2) is 24.4 Å². The smallest absolute Gasteiger partial charge is 0.252 e. The molecule has 162 valence electrons. The van der Waals surface area contributed by atoms with Crippen LogP contribution in [-0.2, 0) is 9.53 Å². The molecule has 9 nitrogen and oxygen atoms in total. The third kappa shape index (κ3) is 5.17. The Labute approximate surface area is 174 Å². The number of fused-ring (bicyclic) bond motifs is 1. The third-order valence-electron chi connectivity index (χ3n) is 4.87. The van der Waals surface area contributed by atoms with Crippen LogP contribution in [0.2, 0.25) is 0 Å². The van der Waals surface area contributed by atoms with Crippen LogP contribution in [-0.4, -0.2) is 54.1 Å². The minimum Gasteiger partial charge on any atom is -0.490 e. The van der Waals surface area contributed by atoms with Crippen molar-refractivity contribution in [2.24, 2.45) is 11.7 Å². The Morgan fingerprint density at radius 2 is 2.20 bits per heavy atom. The topological polar surface area (TPSA) is 133 Å². The Kier molecular flexibility index (Phi) is 7.07. The normalized spacial score (nSPS) is 18.6. The van der Waals surface area contributed by atoms with Gasteiger partial charge in [0.2, 0.25) is 11.8 Å². The molecule has 2 heterocycles. The number of amides is 2. The van der Waals surface area contributed by atoms with E-state index < -0.39 is 5.91 Å². The lowest BCUT2D eigenvalue weighted by Crippen LogP contribution is -2.31. The number of benzene rings is 1. The lowest BCUT2D eigenvalue weighted by atomic mass is 10.0. The first-order valence-corrected chi connectivity index (χ1v) is 9.90. The summed E-state index contributed by atoms with van der Waals surface area (Å²) in [6, 6.07) is 4.99. The van der Waals surface area contributed by atoms with Crippen molar-refractivity contribution in [1.82, 2.24) is 10.3 Å². The van der Waals surface area contributed by atoms with Crippen LogP contribution in [0.25, 0.3) is 10.8 Å². The standard InChI is InChI=1S/C21H27N3O6/c1-12(2)30-18-9-16-13(8-17(18)19(22)26)3-5-23-21(16)29-10-15-7-14(20(27)24-15)4-6-28-11-25/h3,5,8-9,12,14-15,25H,4,6-7,10-11H2,1-2H3,(H2,22,26)(H,24,27)/t14-,15+/m1/s1. The Hall–Kier alpha value is -2.91. The van der Waals surface area contributed by atoms with E-state index >= 15 is 0 Å². The Balaban J connectivity index is 1.75. The van der Waals surface area contributed by atoms with Gasteiger partial charge >= 0.3 is 0 Å². The van der Waals surface area contributed by atoms with E-state index in [0.717, 1.165) is 5.39 Å². The number of nitrogens with two attached hydrogens (primary N) is 1. The molecule has 4 N–H and O–H groups in total. The second kappa shape index (κ2) is 9.73. The monoisotopic (exact) mass is 417 g/mol. The molecule has 0 unspecified atom stereocenters. The highest BCUT2D eigenvalue weighted by Crippen LogP contribution is 2.32. The highest BCUT2D eigenvalue weighted by atomic mass is 16.6. The highest BCUT2D eigenvalue weighted by Gasteiger charge is 2.32. The number of aliphatic hydroxyl groups excluding tert-OH is 1. The Morgan fingerprint density at radius 3 is 2.90 bits per heavy atom. The van der Waals surface area contributed by atoms with Crippen LogP contribution in [0.4, 0.5) is 0 Å². The minimum atomic E-state index is -0.572. The molecule has 2 atom stereocenters. The van der Waals surface area contributed by atoms with Crippen molar-refractivity contribution < 1.29 is 28.9 Å². The van der Waals surface area contributed by atoms with E-state index in [2.05, 4.69) is 10.3 Å². The minimum absolute atomic E-state index is 0.0465. The SMILES string of the molecule is CC(C)Oc1cc2c(OC[C@@H]3C[C@@H](CCOCO)C(=O)N3)nccc2cc1C(N)=O. The maximum atomic E-state index is 12.1. The van der Waals surface area contributed by atoms with Crippen LogP contribution >= 0.6 is 0 Å². The summed E-state index contributed by atoms with van der Waals surface area (Å²) in [7, 11) is 0. The van der Waals surface area contributed by atoms with E-state index in [4.69, 9.17) is 25.1 Å². The van der Waals surface area contributed by atoms with Gasteiger partial charge in [-0.1, -0.05) is 0 Å². The van der Waals surface area contributed by atoms with Crippen LogP contribution < -0.4 is 20.5 Å². The molecule has 0 aliphatic carbocycles. The van der Waals surface area contributed by atoms with E-state index in [0.29, 0.717) is 42.0 Å². The van der Waals surface area contributed by atoms with Crippen molar-refractivity contribution >= 4 is 22.6 Å². The molecule has 9 heteroatoms. The number of nitrogens with one attached hydrogen (secondary N) is 1. The fourth-order valence-corrected chi connectivity index (χ4v) is 3.49. The van der Waals surface area contributed by atoms with Gasteiger partial charge in [-0.15, -0.1) is 0 Å². The predicted molar refractivity (Wildman–Crippen MR) is 109 cm³/mol. The zero-order chi connectivity index (χ0) is 21.7. The molecular weight excluding hydrogens is 390 g/mol. The summed E-state index contributed by atoms with van der Waals surface area (Å²) in [4.78, 5) is 28.2. The van der Waals surface area contributed by atoms with E-state index in [9.17, 15) is 9.59 Å². The number of ether oxygens (including phenoxy) is 3. The summed E-state index contributed by atoms with van der Waals surface area (Å²) >= 11 is 0. The molecule has 1 aliphatic heterocycles. The fourth-order valence-electron chi connectivity index (χ4n) is 3.49. The number of carbonyl (C=O) groups excluding carboxylic acids is 2. The first-order chi connectivity index (χ1) is 14.4. The number of rotatable bonds is 10. The summed E-state index contributed by atoms with van der Waals surface area (Å²) in [5.74, 6) is -0.0272. The van der Waals surface area contributed by atoms with Crippen LogP contribution in [0, 0.1) is 5.92 Å². The molecule has 30 heavy (non-hydrogen) atoms. The second-order valence-electron chi connectivity index (χ2n) is 7.49. The first kappa shape index (κ1) is 21.8. The number of primary amides is 1. The molecule has 1 aliphatic rings. The summed E-state index contributed by atoms with van der Waals surface area (Å²) in [6.45, 7) is 3.95. The van der Waals surface area contributed by atoms with Gasteiger partial charge in [0.05, 0.1) is 24.3 Å². The molecule has 0 radical (unpaired) electrons. The van der Waals surface area contributed by atoms with Gasteiger partial charge in [-0.25, -0.2) is 4.98 Å². The van der Waals surface area contributed by atoms with E-state index in [1.54, 1.807) is 24.4 Å². The average molecular weight is 417 g/mol. The summed E-state index contributed by atoms with van der Waals surface area (Å²) < 4.78 is 16.6. The lowest BCUT2D eigenvalue weighted by Gasteiger charge is -2.16. The van der Waals surface area contributed by atoms with Gasteiger partial charge in [0.15, 0.2) is 0 Å². The number of nitrogens with zero attached hydrogens (tertiary/aromatic N) is 1. The van der Waals surface area contributed by atoms with Gasteiger partial charge in [-0.2, -0.15) is 0 Å². The zero-order valence-electron chi connectivity index (χ0n) is 17.1. The van der Waals surface area contributed by atoms with Crippen LogP contribution in [0.3, 0.4) is 0 Å². The van der Waals surface area contributed by atoms with Crippen molar-refractivity contribution in [1.29, 1.82) is 0 Å². The van der Waals surface area contributed by atoms with Gasteiger partial charge < -0.3 is 30.4 Å².